The fourth-order valence-corrected chi connectivity index (χ4v) is 6.09. The van der Waals surface area contributed by atoms with E-state index in [0.717, 1.165) is 30.0 Å². The first-order chi connectivity index (χ1) is 18.1. The summed E-state index contributed by atoms with van der Waals surface area (Å²) in [6.45, 7) is 2.65. The number of nitrogens with zero attached hydrogens (tertiary/aromatic N) is 2. The highest BCUT2D eigenvalue weighted by atomic mass is 35.5. The van der Waals surface area contributed by atoms with Crippen LogP contribution in [0.3, 0.4) is 0 Å². The predicted molar refractivity (Wildman–Crippen MR) is 146 cm³/mol. The van der Waals surface area contributed by atoms with Crippen LogP contribution in [0.15, 0.2) is 36.4 Å². The van der Waals surface area contributed by atoms with Crippen LogP contribution in [-0.2, 0) is 26.2 Å². The summed E-state index contributed by atoms with van der Waals surface area (Å²) in [5.74, 6) is -0.205. The van der Waals surface area contributed by atoms with Gasteiger partial charge in [-0.25, -0.2) is 8.42 Å². The Morgan fingerprint density at radius 3 is 2.47 bits per heavy atom. The Labute approximate surface area is 233 Å². The van der Waals surface area contributed by atoms with E-state index >= 15 is 0 Å². The predicted octanol–water partition coefficient (Wildman–Crippen LogP) is 4.35. The lowest BCUT2D eigenvalue weighted by Crippen LogP contribution is -2.52. The molecular formula is C26H31Cl2N3O6S. The monoisotopic (exact) mass is 583 g/mol. The van der Waals surface area contributed by atoms with Crippen molar-refractivity contribution in [1.82, 2.24) is 10.2 Å². The number of hydrogen-bond donors (Lipinski definition) is 1. The van der Waals surface area contributed by atoms with Gasteiger partial charge >= 0.3 is 0 Å². The van der Waals surface area contributed by atoms with Gasteiger partial charge in [0.1, 0.15) is 12.6 Å². The maximum atomic E-state index is 13.8. The summed E-state index contributed by atoms with van der Waals surface area (Å²) in [5, 5.41) is 3.81. The molecule has 2 amide bonds. The van der Waals surface area contributed by atoms with Crippen LogP contribution < -0.4 is 19.1 Å². The average molecular weight is 585 g/mol. The Morgan fingerprint density at radius 2 is 1.79 bits per heavy atom. The third-order valence-corrected chi connectivity index (χ3v) is 9.18. The molecule has 38 heavy (non-hydrogen) atoms. The molecule has 1 fully saturated rings. The third-order valence-electron chi connectivity index (χ3n) is 6.85. The minimum atomic E-state index is -3.87. The van der Waals surface area contributed by atoms with E-state index in [9.17, 15) is 18.0 Å². The fraction of sp³-hybridized carbons (Fsp3) is 0.462. The maximum Gasteiger partial charge on any atom is 0.244 e. The van der Waals surface area contributed by atoms with Crippen LogP contribution in [0.2, 0.25) is 10.0 Å². The minimum absolute atomic E-state index is 0.00472. The molecule has 1 saturated carbocycles. The number of rotatable bonds is 10. The molecular weight excluding hydrogens is 553 g/mol. The van der Waals surface area contributed by atoms with Crippen LogP contribution in [0.25, 0.3) is 0 Å². The molecule has 0 unspecified atom stereocenters. The fourth-order valence-electron chi connectivity index (χ4n) is 4.57. The van der Waals surface area contributed by atoms with Gasteiger partial charge < -0.3 is 19.7 Å². The van der Waals surface area contributed by atoms with E-state index in [2.05, 4.69) is 5.32 Å². The summed E-state index contributed by atoms with van der Waals surface area (Å²) in [4.78, 5) is 28.3. The van der Waals surface area contributed by atoms with E-state index in [1.807, 2.05) is 0 Å². The molecule has 9 nitrogen and oxygen atoms in total. The number of carbonyl (C=O) groups excluding carboxylic acids is 2. The Morgan fingerprint density at radius 1 is 1.08 bits per heavy atom. The lowest BCUT2D eigenvalue weighted by molar-refractivity contribution is -0.139. The molecule has 1 aliphatic carbocycles. The third kappa shape index (κ3) is 6.47. The van der Waals surface area contributed by atoms with Gasteiger partial charge in [0.15, 0.2) is 11.5 Å². The second-order valence-electron chi connectivity index (χ2n) is 9.37. The largest absolute Gasteiger partial charge is 0.454 e. The Hall–Kier alpha value is -2.69. The second-order valence-corrected chi connectivity index (χ2v) is 12.4. The number of ether oxygens (including phenoxy) is 2. The molecule has 1 N–H and O–H groups in total. The van der Waals surface area contributed by atoms with Gasteiger partial charge in [0.05, 0.1) is 11.4 Å². The minimum Gasteiger partial charge on any atom is -0.454 e. The van der Waals surface area contributed by atoms with Gasteiger partial charge in [-0.15, -0.1) is 0 Å². The number of sulfonamides is 1. The van der Waals surface area contributed by atoms with E-state index in [1.165, 1.54) is 17.9 Å². The lowest BCUT2D eigenvalue weighted by Gasteiger charge is -2.32. The SMILES string of the molecule is CCS(=O)(=O)N(CC(=O)N(Cc1ccc(Cl)cc1Cl)[C@H](C)C(=O)NC1CCCC1)c1ccc2c(c1)OCO2. The summed E-state index contributed by atoms with van der Waals surface area (Å²) >= 11 is 12.4. The Bertz CT molecular complexity index is 1300. The summed E-state index contributed by atoms with van der Waals surface area (Å²) < 4.78 is 38.0. The van der Waals surface area contributed by atoms with Crippen LogP contribution >= 0.6 is 23.2 Å². The van der Waals surface area contributed by atoms with E-state index in [-0.39, 0.29) is 36.7 Å². The number of carbonyl (C=O) groups is 2. The number of fused-ring (bicyclic) bond motifs is 1. The van der Waals surface area contributed by atoms with E-state index in [4.69, 9.17) is 32.7 Å². The molecule has 0 aromatic heterocycles. The first kappa shape index (κ1) is 28.3. The van der Waals surface area contributed by atoms with Crippen molar-refractivity contribution in [2.45, 2.75) is 58.2 Å². The van der Waals surface area contributed by atoms with E-state index < -0.39 is 28.5 Å². The van der Waals surface area contributed by atoms with Crippen molar-refractivity contribution in [3.8, 4) is 11.5 Å². The molecule has 206 valence electrons. The molecule has 0 radical (unpaired) electrons. The maximum absolute atomic E-state index is 13.8. The number of amides is 2. The smallest absolute Gasteiger partial charge is 0.244 e. The molecule has 12 heteroatoms. The van der Waals surface area contributed by atoms with Crippen molar-refractivity contribution in [3.05, 3.63) is 52.0 Å². The summed E-state index contributed by atoms with van der Waals surface area (Å²) in [5.41, 5.74) is 0.842. The van der Waals surface area contributed by atoms with E-state index in [0.29, 0.717) is 27.1 Å². The van der Waals surface area contributed by atoms with Gasteiger partial charge in [0, 0.05) is 28.7 Å². The van der Waals surface area contributed by atoms with Crippen molar-refractivity contribution in [1.29, 1.82) is 0 Å². The molecule has 4 rings (SSSR count). The molecule has 2 aromatic carbocycles. The summed E-state index contributed by atoms with van der Waals surface area (Å²) in [7, 11) is -3.87. The highest BCUT2D eigenvalue weighted by Gasteiger charge is 2.33. The summed E-state index contributed by atoms with van der Waals surface area (Å²) in [6.07, 6.45) is 3.87. The van der Waals surface area contributed by atoms with Crippen LogP contribution in [0.5, 0.6) is 11.5 Å². The number of halogens is 2. The van der Waals surface area contributed by atoms with Crippen LogP contribution in [-0.4, -0.2) is 56.3 Å². The van der Waals surface area contributed by atoms with Crippen LogP contribution in [0.4, 0.5) is 5.69 Å². The quantitative estimate of drug-likeness (QED) is 0.445. The molecule has 1 heterocycles. The zero-order chi connectivity index (χ0) is 27.4. The molecule has 2 aliphatic rings. The van der Waals surface area contributed by atoms with Crippen molar-refractivity contribution < 1.29 is 27.5 Å². The Balaban J connectivity index is 1.63. The molecule has 1 atom stereocenters. The number of nitrogens with one attached hydrogen (secondary N) is 1. The zero-order valence-electron chi connectivity index (χ0n) is 21.3. The van der Waals surface area contributed by atoms with Gasteiger partial charge in [-0.3, -0.25) is 13.9 Å². The molecule has 0 saturated heterocycles. The number of anilines is 1. The summed E-state index contributed by atoms with van der Waals surface area (Å²) in [6, 6.07) is 8.77. The van der Waals surface area contributed by atoms with Gasteiger partial charge in [-0.05, 0) is 56.5 Å². The van der Waals surface area contributed by atoms with Crippen LogP contribution in [0, 0.1) is 0 Å². The van der Waals surface area contributed by atoms with E-state index in [1.54, 1.807) is 37.3 Å². The van der Waals surface area contributed by atoms with Gasteiger partial charge in [0.25, 0.3) is 0 Å². The second kappa shape index (κ2) is 12.0. The highest BCUT2D eigenvalue weighted by Crippen LogP contribution is 2.36. The van der Waals surface area contributed by atoms with Gasteiger partial charge in [-0.2, -0.15) is 0 Å². The van der Waals surface area contributed by atoms with Crippen molar-refractivity contribution in [2.24, 2.45) is 0 Å². The highest BCUT2D eigenvalue weighted by molar-refractivity contribution is 7.92. The van der Waals surface area contributed by atoms with Crippen molar-refractivity contribution in [3.63, 3.8) is 0 Å². The standard InChI is InChI=1S/C26H31Cl2N3O6S/c1-3-38(34,35)31(21-10-11-23-24(13-21)37-16-36-23)15-25(32)30(14-18-8-9-19(27)12-22(18)28)17(2)26(33)29-20-6-4-5-7-20/h8-13,17,20H,3-7,14-16H2,1-2H3,(H,29,33)/t17-/m1/s1. The first-order valence-corrected chi connectivity index (χ1v) is 14.9. The number of hydrogen-bond acceptors (Lipinski definition) is 6. The topological polar surface area (TPSA) is 105 Å². The average Bonchev–Trinajstić information content (AvgIpc) is 3.57. The zero-order valence-corrected chi connectivity index (χ0v) is 23.6. The van der Waals surface area contributed by atoms with Crippen LogP contribution in [0.1, 0.15) is 45.1 Å². The molecule has 0 spiro atoms. The normalized spacial score (nSPS) is 15.8. The van der Waals surface area contributed by atoms with Gasteiger partial charge in [0.2, 0.25) is 28.6 Å². The van der Waals surface area contributed by atoms with Crippen molar-refractivity contribution in [2.75, 3.05) is 23.4 Å². The molecule has 0 bridgehead atoms. The first-order valence-electron chi connectivity index (χ1n) is 12.5. The van der Waals surface area contributed by atoms with Crippen molar-refractivity contribution >= 4 is 50.7 Å². The lowest BCUT2D eigenvalue weighted by atomic mass is 10.1. The molecule has 2 aromatic rings. The number of benzene rings is 2. The Kier molecular flexibility index (Phi) is 8.95. The molecule has 1 aliphatic heterocycles. The van der Waals surface area contributed by atoms with Gasteiger partial charge in [-0.1, -0.05) is 42.1 Å².